The number of unbranched alkanes of at least 4 members (excludes halogenated alkanes) is 3. The monoisotopic (exact) mass is 476 g/mol. The van der Waals surface area contributed by atoms with Gasteiger partial charge in [-0.1, -0.05) is 40.0 Å². The van der Waals surface area contributed by atoms with E-state index in [1.54, 1.807) is 18.2 Å². The van der Waals surface area contributed by atoms with Gasteiger partial charge in [0.05, 0.1) is 24.2 Å². The van der Waals surface area contributed by atoms with Crippen molar-refractivity contribution >= 4 is 11.6 Å². The van der Waals surface area contributed by atoms with Gasteiger partial charge in [0.25, 0.3) is 5.69 Å². The fraction of sp³-hybridized carbons (Fsp3) is 0.600. The van der Waals surface area contributed by atoms with Gasteiger partial charge in [-0.25, -0.2) is 4.79 Å². The lowest BCUT2D eigenvalue weighted by Gasteiger charge is -2.45. The fourth-order valence-electron chi connectivity index (χ4n) is 4.02. The molecule has 0 amide bonds. The molecule has 1 aromatic carbocycles. The van der Waals surface area contributed by atoms with E-state index < -0.39 is 22.7 Å². The Bertz CT molecular complexity index is 876. The number of nitro groups is 1. The van der Waals surface area contributed by atoms with Gasteiger partial charge in [-0.05, 0) is 25.3 Å². The highest BCUT2D eigenvalue weighted by Crippen LogP contribution is 2.44. The zero-order valence-electron chi connectivity index (χ0n) is 20.2. The summed E-state index contributed by atoms with van der Waals surface area (Å²) in [6.07, 6.45) is 7.22. The molecule has 9 nitrogen and oxygen atoms in total. The molecule has 2 atom stereocenters. The number of rotatable bonds is 15. The molecule has 0 radical (unpaired) electrons. The summed E-state index contributed by atoms with van der Waals surface area (Å²) in [7, 11) is 0. The second-order valence-electron chi connectivity index (χ2n) is 8.30. The first-order chi connectivity index (χ1) is 16.4. The van der Waals surface area contributed by atoms with Crippen LogP contribution in [0.4, 0.5) is 5.69 Å². The molecule has 0 fully saturated rings. The second-order valence-corrected chi connectivity index (χ2v) is 8.30. The Kier molecular flexibility index (Phi) is 11.1. The molecule has 188 valence electrons. The zero-order valence-corrected chi connectivity index (χ0v) is 20.2. The minimum atomic E-state index is -0.960. The van der Waals surface area contributed by atoms with Gasteiger partial charge in [0, 0.05) is 30.0 Å². The molecule has 0 unspecified atom stereocenters. The third-order valence-electron chi connectivity index (χ3n) is 6.14. The van der Waals surface area contributed by atoms with Crippen LogP contribution in [0.25, 0.3) is 0 Å². The molecule has 0 saturated carbocycles. The maximum Gasteiger partial charge on any atom is 0.270 e. The lowest BCUT2D eigenvalue weighted by Crippen LogP contribution is -2.55. The summed E-state index contributed by atoms with van der Waals surface area (Å²) in [4.78, 5) is 21.3. The van der Waals surface area contributed by atoms with E-state index in [4.69, 9.17) is 14.2 Å². The van der Waals surface area contributed by atoms with E-state index in [-0.39, 0.29) is 18.9 Å². The smallest absolute Gasteiger partial charge is 0.270 e. The van der Waals surface area contributed by atoms with Crippen LogP contribution in [-0.4, -0.2) is 47.5 Å². The number of nitrogens with one attached hydrogen (secondary N) is 1. The highest BCUT2D eigenvalue weighted by atomic mass is 16.6. The van der Waals surface area contributed by atoms with Crippen molar-refractivity contribution in [2.24, 2.45) is 0 Å². The molecular formula is C25H36N2O7. The van der Waals surface area contributed by atoms with Crippen molar-refractivity contribution in [3.8, 4) is 5.75 Å². The average molecular weight is 477 g/mol. The Morgan fingerprint density at radius 1 is 1.29 bits per heavy atom. The number of non-ortho nitro benzene ring substituents is 1. The number of fused-ring (bicyclic) bond motifs is 1. The number of benzene rings is 1. The van der Waals surface area contributed by atoms with E-state index in [0.29, 0.717) is 36.5 Å². The summed E-state index contributed by atoms with van der Waals surface area (Å²) in [5.41, 5.74) is -0.411. The Morgan fingerprint density at radius 2 is 2.06 bits per heavy atom. The van der Waals surface area contributed by atoms with Crippen LogP contribution in [-0.2, 0) is 14.3 Å². The first kappa shape index (κ1) is 27.4. The molecule has 0 aromatic heterocycles. The molecular weight excluding hydrogens is 440 g/mol. The van der Waals surface area contributed by atoms with Crippen LogP contribution in [0.3, 0.4) is 0 Å². The van der Waals surface area contributed by atoms with Gasteiger partial charge >= 0.3 is 0 Å². The van der Waals surface area contributed by atoms with Gasteiger partial charge in [0.1, 0.15) is 35.8 Å². The van der Waals surface area contributed by atoms with Crippen molar-refractivity contribution in [3.63, 3.8) is 0 Å². The molecule has 0 bridgehead atoms. The van der Waals surface area contributed by atoms with E-state index in [1.807, 2.05) is 13.8 Å². The van der Waals surface area contributed by atoms with Gasteiger partial charge in [0.2, 0.25) is 0 Å². The van der Waals surface area contributed by atoms with Crippen molar-refractivity contribution in [2.45, 2.75) is 77.0 Å². The number of nitrogens with zero attached hydrogens (tertiary/aromatic N) is 1. The van der Waals surface area contributed by atoms with Crippen LogP contribution >= 0.6 is 0 Å². The van der Waals surface area contributed by atoms with Crippen molar-refractivity contribution in [1.29, 1.82) is 0 Å². The number of hydrogen-bond donors (Lipinski definition) is 2. The minimum Gasteiger partial charge on any atom is -0.494 e. The SMILES string of the molecule is CCCCCCO/C(=C/N[C@H]1c2cc([N+](=O)[O-])ccc2OC(CC)(CC)[C@@H]1O)COCC=C=O. The van der Waals surface area contributed by atoms with Crippen molar-refractivity contribution < 1.29 is 29.0 Å². The average Bonchev–Trinajstić information content (AvgIpc) is 2.84. The fourth-order valence-corrected chi connectivity index (χ4v) is 4.02. The zero-order chi connectivity index (χ0) is 25.0. The molecule has 2 N–H and O–H groups in total. The number of hydrogen-bond acceptors (Lipinski definition) is 8. The Labute approximate surface area is 200 Å². The van der Waals surface area contributed by atoms with E-state index in [0.717, 1.165) is 25.7 Å². The number of carbonyl (C=O) groups excluding carboxylic acids is 1. The maximum atomic E-state index is 11.3. The van der Waals surface area contributed by atoms with Crippen LogP contribution in [0.15, 0.2) is 36.2 Å². The van der Waals surface area contributed by atoms with Crippen LogP contribution in [0, 0.1) is 10.1 Å². The van der Waals surface area contributed by atoms with E-state index >= 15 is 0 Å². The lowest BCUT2D eigenvalue weighted by molar-refractivity contribution is -0.385. The normalized spacial score (nSPS) is 18.9. The van der Waals surface area contributed by atoms with E-state index in [9.17, 15) is 20.0 Å². The first-order valence-corrected chi connectivity index (χ1v) is 11.9. The quantitative estimate of drug-likeness (QED) is 0.126. The van der Waals surface area contributed by atoms with Gasteiger partial charge in [0.15, 0.2) is 0 Å². The number of aliphatic hydroxyl groups excluding tert-OH is 1. The van der Waals surface area contributed by atoms with E-state index in [1.165, 1.54) is 18.2 Å². The van der Waals surface area contributed by atoms with Crippen LogP contribution in [0.1, 0.15) is 70.9 Å². The number of aliphatic hydroxyl groups is 1. The van der Waals surface area contributed by atoms with Gasteiger partial charge < -0.3 is 24.6 Å². The van der Waals surface area contributed by atoms with E-state index in [2.05, 4.69) is 12.2 Å². The number of ether oxygens (including phenoxy) is 3. The van der Waals surface area contributed by atoms with Crippen molar-refractivity contribution in [1.82, 2.24) is 5.32 Å². The van der Waals surface area contributed by atoms with Crippen LogP contribution < -0.4 is 10.1 Å². The third kappa shape index (κ3) is 7.06. The second kappa shape index (κ2) is 13.7. The molecule has 1 aliphatic rings. The maximum absolute atomic E-state index is 11.3. The predicted octanol–water partition coefficient (Wildman–Crippen LogP) is 4.38. The predicted molar refractivity (Wildman–Crippen MR) is 128 cm³/mol. The topological polar surface area (TPSA) is 120 Å². The molecule has 1 aliphatic heterocycles. The highest BCUT2D eigenvalue weighted by molar-refractivity contribution is 5.48. The van der Waals surface area contributed by atoms with Gasteiger partial charge in [-0.2, -0.15) is 0 Å². The molecule has 1 aromatic rings. The lowest BCUT2D eigenvalue weighted by atomic mass is 9.80. The van der Waals surface area contributed by atoms with Crippen LogP contribution in [0.5, 0.6) is 5.75 Å². The summed E-state index contributed by atoms with van der Waals surface area (Å²) < 4.78 is 17.5. The highest BCUT2D eigenvalue weighted by Gasteiger charge is 2.47. The molecule has 34 heavy (non-hydrogen) atoms. The molecule has 0 aliphatic carbocycles. The van der Waals surface area contributed by atoms with Gasteiger partial charge in [-0.3, -0.25) is 10.1 Å². The first-order valence-electron chi connectivity index (χ1n) is 11.9. The molecule has 0 spiro atoms. The molecule has 0 saturated heterocycles. The summed E-state index contributed by atoms with van der Waals surface area (Å²) >= 11 is 0. The number of nitro benzene ring substituents is 1. The summed E-state index contributed by atoms with van der Waals surface area (Å²) in [6, 6.07) is 3.75. The summed E-state index contributed by atoms with van der Waals surface area (Å²) in [5, 5.41) is 25.8. The van der Waals surface area contributed by atoms with Crippen molar-refractivity contribution in [3.05, 3.63) is 51.9 Å². The Morgan fingerprint density at radius 3 is 2.71 bits per heavy atom. The van der Waals surface area contributed by atoms with Crippen LogP contribution in [0.2, 0.25) is 0 Å². The third-order valence-corrected chi connectivity index (χ3v) is 6.14. The molecule has 9 heteroatoms. The molecule has 2 rings (SSSR count). The van der Waals surface area contributed by atoms with Gasteiger partial charge in [-0.15, -0.1) is 0 Å². The largest absolute Gasteiger partial charge is 0.494 e. The Balaban J connectivity index is 2.30. The van der Waals surface area contributed by atoms with Crippen molar-refractivity contribution in [2.75, 3.05) is 19.8 Å². The molecule has 1 heterocycles. The summed E-state index contributed by atoms with van der Waals surface area (Å²) in [5.74, 6) is 2.67. The minimum absolute atomic E-state index is 0.0813. The standard InChI is InChI=1S/C25H36N2O7/c1-4-7-8-9-15-33-20(18-32-14-10-13-28)17-26-23-21-16-19(27(30)31)11-12-22(21)34-25(5-2,6-3)24(23)29/h10-12,16-17,23-24,26,29H,4-9,14-15,18H2,1-3H3/b20-17+/t23-,24+/m0/s1. The Hall–Kier alpha value is -2.87. The summed E-state index contributed by atoms with van der Waals surface area (Å²) in [6.45, 7) is 6.74.